The minimum absolute atomic E-state index is 0.0448. The van der Waals surface area contributed by atoms with Gasteiger partial charge in [-0.3, -0.25) is 4.79 Å². The number of nitrogens with zero attached hydrogens (tertiary/aromatic N) is 3. The number of fused-ring (bicyclic) bond motifs is 3. The summed E-state index contributed by atoms with van der Waals surface area (Å²) in [4.78, 5) is 39.6. The second-order valence-corrected chi connectivity index (χ2v) is 12.9. The van der Waals surface area contributed by atoms with Gasteiger partial charge in [0.1, 0.15) is 19.3 Å². The highest BCUT2D eigenvalue weighted by molar-refractivity contribution is 5.95. The van der Waals surface area contributed by atoms with E-state index in [1.165, 1.54) is 10.9 Å². The summed E-state index contributed by atoms with van der Waals surface area (Å²) in [5, 5.41) is 14.0. The Morgan fingerprint density at radius 2 is 1.36 bits per heavy atom. The van der Waals surface area contributed by atoms with Gasteiger partial charge in [0.15, 0.2) is 5.69 Å². The first-order chi connectivity index (χ1) is 24.3. The van der Waals surface area contributed by atoms with E-state index < -0.39 is 24.0 Å². The first-order valence-electron chi connectivity index (χ1n) is 16.9. The van der Waals surface area contributed by atoms with Crippen LogP contribution >= 0.6 is 0 Å². The van der Waals surface area contributed by atoms with E-state index in [2.05, 4.69) is 59.1 Å². The standard InChI is InChI=1S/C40H41N5O5/c1-27(2)21-30(41-40(48)50-26-35-33-19-11-9-17-31(33)32-18-10-12-20-34(32)35)23-45-24-37(43-44-45)38(46)42-36(22-28-13-5-3-6-14-28)39(47)49-25-29-15-7-4-8-16-29/h3-20,24,27,30,35-36H,21-23,25-26H2,1-2H3,(H,41,48)(H,42,46). The summed E-state index contributed by atoms with van der Waals surface area (Å²) in [6.07, 6.45) is 1.89. The van der Waals surface area contributed by atoms with Crippen molar-refractivity contribution < 1.29 is 23.9 Å². The molecule has 0 saturated carbocycles. The number of alkyl carbamates (subject to hydrolysis) is 1. The Kier molecular flexibility index (Phi) is 11.0. The van der Waals surface area contributed by atoms with Crippen molar-refractivity contribution in [3.05, 3.63) is 143 Å². The van der Waals surface area contributed by atoms with Gasteiger partial charge in [-0.15, -0.1) is 5.10 Å². The van der Waals surface area contributed by atoms with Crippen LogP contribution in [0.15, 0.2) is 115 Å². The van der Waals surface area contributed by atoms with Crippen LogP contribution in [0.3, 0.4) is 0 Å². The Hall–Kier alpha value is -5.77. The van der Waals surface area contributed by atoms with Crippen LogP contribution in [0, 0.1) is 5.92 Å². The van der Waals surface area contributed by atoms with Gasteiger partial charge in [-0.2, -0.15) is 0 Å². The Balaban J connectivity index is 1.07. The molecule has 0 spiro atoms. The molecule has 0 radical (unpaired) electrons. The normalized spacial score (nSPS) is 13.2. The molecule has 1 aliphatic carbocycles. The molecule has 1 aromatic heterocycles. The topological polar surface area (TPSA) is 124 Å². The van der Waals surface area contributed by atoms with Crippen molar-refractivity contribution in [3.8, 4) is 11.1 Å². The second-order valence-electron chi connectivity index (χ2n) is 12.9. The van der Waals surface area contributed by atoms with Gasteiger partial charge in [0.2, 0.25) is 0 Å². The number of aromatic nitrogens is 3. The maximum Gasteiger partial charge on any atom is 0.407 e. The van der Waals surface area contributed by atoms with Gasteiger partial charge in [-0.05, 0) is 45.7 Å². The van der Waals surface area contributed by atoms with E-state index in [4.69, 9.17) is 9.47 Å². The lowest BCUT2D eigenvalue weighted by Gasteiger charge is -2.21. The molecule has 2 N–H and O–H groups in total. The van der Waals surface area contributed by atoms with Crippen LogP contribution in [0.2, 0.25) is 0 Å². The van der Waals surface area contributed by atoms with Crippen molar-refractivity contribution >= 4 is 18.0 Å². The summed E-state index contributed by atoms with van der Waals surface area (Å²) < 4.78 is 12.9. The maximum absolute atomic E-state index is 13.3. The monoisotopic (exact) mass is 671 g/mol. The Morgan fingerprint density at radius 1 is 0.760 bits per heavy atom. The molecule has 6 rings (SSSR count). The van der Waals surface area contributed by atoms with Crippen molar-refractivity contribution in [1.29, 1.82) is 0 Å². The third-order valence-electron chi connectivity index (χ3n) is 8.70. The maximum atomic E-state index is 13.3. The molecule has 10 nitrogen and oxygen atoms in total. The van der Waals surface area contributed by atoms with E-state index in [0.29, 0.717) is 6.42 Å². The number of benzene rings is 4. The molecule has 2 amide bonds. The van der Waals surface area contributed by atoms with Crippen molar-refractivity contribution in [3.63, 3.8) is 0 Å². The number of amides is 2. The fourth-order valence-electron chi connectivity index (χ4n) is 6.38. The van der Waals surface area contributed by atoms with Crippen LogP contribution in [0.1, 0.15) is 58.9 Å². The van der Waals surface area contributed by atoms with E-state index in [1.807, 2.05) is 84.9 Å². The highest BCUT2D eigenvalue weighted by Crippen LogP contribution is 2.44. The highest BCUT2D eigenvalue weighted by atomic mass is 16.5. The summed E-state index contributed by atoms with van der Waals surface area (Å²) >= 11 is 0. The van der Waals surface area contributed by atoms with Crippen molar-refractivity contribution in [2.75, 3.05) is 6.61 Å². The molecule has 1 aliphatic rings. The molecule has 50 heavy (non-hydrogen) atoms. The van der Waals surface area contributed by atoms with Gasteiger partial charge in [0, 0.05) is 12.3 Å². The van der Waals surface area contributed by atoms with E-state index in [1.54, 1.807) is 0 Å². The van der Waals surface area contributed by atoms with E-state index in [0.717, 1.165) is 33.4 Å². The van der Waals surface area contributed by atoms with E-state index in [9.17, 15) is 14.4 Å². The molecule has 0 saturated heterocycles. The first kappa shape index (κ1) is 34.1. The molecular formula is C40H41N5O5. The van der Waals surface area contributed by atoms with Crippen molar-refractivity contribution in [2.24, 2.45) is 5.92 Å². The molecule has 0 fully saturated rings. The Bertz CT molecular complexity index is 1860. The third kappa shape index (κ3) is 8.63. The molecule has 10 heteroatoms. The third-order valence-corrected chi connectivity index (χ3v) is 8.70. The second kappa shape index (κ2) is 16.1. The molecule has 0 bridgehead atoms. The zero-order chi connectivity index (χ0) is 34.9. The Labute approximate surface area is 291 Å². The van der Waals surface area contributed by atoms with Gasteiger partial charge < -0.3 is 20.1 Å². The average Bonchev–Trinajstić information content (AvgIpc) is 3.72. The molecular weight excluding hydrogens is 630 g/mol. The molecule has 5 aromatic rings. The quantitative estimate of drug-likeness (QED) is 0.133. The van der Waals surface area contributed by atoms with Crippen LogP contribution in [0.4, 0.5) is 4.79 Å². The van der Waals surface area contributed by atoms with Gasteiger partial charge in [-0.1, -0.05) is 128 Å². The summed E-state index contributed by atoms with van der Waals surface area (Å²) in [5.41, 5.74) is 6.37. The summed E-state index contributed by atoms with van der Waals surface area (Å²) in [7, 11) is 0. The number of carbonyl (C=O) groups excluding carboxylic acids is 3. The predicted molar refractivity (Wildman–Crippen MR) is 189 cm³/mol. The molecule has 2 atom stereocenters. The van der Waals surface area contributed by atoms with Crippen molar-refractivity contribution in [2.45, 2.75) is 57.8 Å². The molecule has 1 heterocycles. The summed E-state index contributed by atoms with van der Waals surface area (Å²) in [6.45, 7) is 4.70. The number of carbonyl (C=O) groups is 3. The molecule has 2 unspecified atom stereocenters. The lowest BCUT2D eigenvalue weighted by atomic mass is 9.98. The first-order valence-corrected chi connectivity index (χ1v) is 16.9. The SMILES string of the molecule is CC(C)CC(Cn1cc(C(=O)NC(Cc2ccccc2)C(=O)OCc2ccccc2)nn1)NC(=O)OCC1c2ccccc2-c2ccccc21. The molecule has 4 aromatic carbocycles. The zero-order valence-electron chi connectivity index (χ0n) is 28.2. The lowest BCUT2D eigenvalue weighted by Crippen LogP contribution is -2.43. The zero-order valence-corrected chi connectivity index (χ0v) is 28.2. The highest BCUT2D eigenvalue weighted by Gasteiger charge is 2.30. The summed E-state index contributed by atoms with van der Waals surface area (Å²) in [5.74, 6) is -0.892. The van der Waals surface area contributed by atoms with Crippen LogP contribution < -0.4 is 10.6 Å². The van der Waals surface area contributed by atoms with E-state index in [-0.39, 0.29) is 49.8 Å². The molecule has 0 aliphatic heterocycles. The van der Waals surface area contributed by atoms with E-state index >= 15 is 0 Å². The predicted octanol–water partition coefficient (Wildman–Crippen LogP) is 6.32. The fraction of sp³-hybridized carbons (Fsp3) is 0.275. The lowest BCUT2D eigenvalue weighted by molar-refractivity contribution is -0.147. The molecule has 256 valence electrons. The van der Waals surface area contributed by atoms with Crippen molar-refractivity contribution in [1.82, 2.24) is 25.6 Å². The number of nitrogens with one attached hydrogen (secondary N) is 2. The number of hydrogen-bond acceptors (Lipinski definition) is 7. The number of ether oxygens (including phenoxy) is 2. The van der Waals surface area contributed by atoms with Gasteiger partial charge >= 0.3 is 12.1 Å². The number of rotatable bonds is 14. The fourth-order valence-corrected chi connectivity index (χ4v) is 6.38. The van der Waals surface area contributed by atoms with Crippen LogP contribution in [0.5, 0.6) is 0 Å². The van der Waals surface area contributed by atoms with Gasteiger partial charge in [0.05, 0.1) is 18.8 Å². The number of esters is 1. The Morgan fingerprint density at radius 3 is 2.00 bits per heavy atom. The van der Waals surface area contributed by atoms with Gasteiger partial charge in [-0.25, -0.2) is 14.3 Å². The summed E-state index contributed by atoms with van der Waals surface area (Å²) in [6, 6.07) is 33.9. The van der Waals surface area contributed by atoms with Crippen LogP contribution in [-0.2, 0) is 33.8 Å². The van der Waals surface area contributed by atoms with Crippen LogP contribution in [0.25, 0.3) is 11.1 Å². The minimum atomic E-state index is -0.942. The minimum Gasteiger partial charge on any atom is -0.459 e. The largest absolute Gasteiger partial charge is 0.459 e. The van der Waals surface area contributed by atoms with Crippen LogP contribution in [-0.4, -0.2) is 51.7 Å². The number of hydrogen-bond donors (Lipinski definition) is 2. The van der Waals surface area contributed by atoms with Gasteiger partial charge in [0.25, 0.3) is 5.91 Å². The smallest absolute Gasteiger partial charge is 0.407 e. The average molecular weight is 672 g/mol.